The number of aryl methyl sites for hydroxylation is 1. The number of hydrogen-bond donors (Lipinski definition) is 2. The molecular weight excluding hydrogens is 424 g/mol. The van der Waals surface area contributed by atoms with E-state index in [-0.39, 0.29) is 23.3 Å². The Balaban J connectivity index is 1.70. The zero-order chi connectivity index (χ0) is 23.9. The van der Waals surface area contributed by atoms with E-state index in [4.69, 9.17) is 4.74 Å². The lowest BCUT2D eigenvalue weighted by atomic mass is 9.86. The van der Waals surface area contributed by atoms with Crippen LogP contribution in [0.3, 0.4) is 0 Å². The van der Waals surface area contributed by atoms with Crippen LogP contribution in [0, 0.1) is 12.8 Å². The molecule has 2 unspecified atom stereocenters. The summed E-state index contributed by atoms with van der Waals surface area (Å²) in [6.45, 7) is 10.3. The second kappa shape index (κ2) is 8.52. The second-order valence-electron chi connectivity index (χ2n) is 9.86. The van der Waals surface area contributed by atoms with Crippen molar-refractivity contribution in [1.29, 1.82) is 0 Å². The van der Waals surface area contributed by atoms with Crippen molar-refractivity contribution in [1.82, 2.24) is 5.32 Å². The van der Waals surface area contributed by atoms with Crippen LogP contribution in [0.2, 0.25) is 0 Å². The molecule has 0 saturated heterocycles. The summed E-state index contributed by atoms with van der Waals surface area (Å²) < 4.78 is 31.3. The predicted molar refractivity (Wildman–Crippen MR) is 128 cm³/mol. The molecule has 1 amide bonds. The molecule has 0 heterocycles. The lowest BCUT2D eigenvalue weighted by molar-refractivity contribution is -0.125. The fraction of sp³-hybridized carbons (Fsp3) is 0.480. The summed E-state index contributed by atoms with van der Waals surface area (Å²) in [6.07, 6.45) is 1.77. The van der Waals surface area contributed by atoms with Crippen molar-refractivity contribution in [3.05, 3.63) is 64.7 Å². The van der Waals surface area contributed by atoms with Crippen molar-refractivity contribution in [3.63, 3.8) is 0 Å². The molecule has 2 N–H and O–H groups in total. The highest BCUT2D eigenvalue weighted by atomic mass is 32.2. The second-order valence-corrected chi connectivity index (χ2v) is 11.6. The Bertz CT molecular complexity index is 1100. The van der Waals surface area contributed by atoms with Crippen LogP contribution >= 0.6 is 0 Å². The lowest BCUT2D eigenvalue weighted by Crippen LogP contribution is -2.31. The molecule has 3 atom stereocenters. The molecule has 0 radical (unpaired) electrons. The Labute approximate surface area is 191 Å². The molecule has 1 aliphatic carbocycles. The maximum absolute atomic E-state index is 13.0. The zero-order valence-corrected chi connectivity index (χ0v) is 20.8. The lowest BCUT2D eigenvalue weighted by Gasteiger charge is -2.22. The first kappa shape index (κ1) is 24.3. The van der Waals surface area contributed by atoms with E-state index in [2.05, 4.69) is 55.1 Å². The normalized spacial score (nSPS) is 21.7. The predicted octanol–water partition coefficient (Wildman–Crippen LogP) is 4.40. The van der Waals surface area contributed by atoms with Crippen LogP contribution in [0.25, 0.3) is 0 Å². The first-order valence-corrected chi connectivity index (χ1v) is 12.7. The largest absolute Gasteiger partial charge is 0.373 e. The van der Waals surface area contributed by atoms with Gasteiger partial charge in [0.15, 0.2) is 0 Å². The van der Waals surface area contributed by atoms with Gasteiger partial charge in [-0.15, -0.1) is 0 Å². The van der Waals surface area contributed by atoms with E-state index < -0.39 is 15.6 Å². The number of ether oxygens (including phenoxy) is 1. The first-order valence-electron chi connectivity index (χ1n) is 10.8. The third kappa shape index (κ3) is 5.15. The van der Waals surface area contributed by atoms with E-state index >= 15 is 0 Å². The molecule has 1 aliphatic rings. The standard InChI is InChI=1S/C25H34N2O4S/c1-16-14-18(8-13-22(16)27-32(7,29)30)17(2)26-23(28)21-15-25(21,31-6)20-11-9-19(10-12-20)24(3,4)5/h8-14,17,21,27H,15H2,1-7H3,(H,26,28)/t17?,21-,25?/m0/s1. The smallest absolute Gasteiger partial charge is 0.229 e. The molecule has 174 valence electrons. The van der Waals surface area contributed by atoms with Gasteiger partial charge in [0, 0.05) is 7.11 Å². The fourth-order valence-electron chi connectivity index (χ4n) is 4.13. The molecular formula is C25H34N2O4S. The van der Waals surface area contributed by atoms with Crippen molar-refractivity contribution < 1.29 is 17.9 Å². The number of carbonyl (C=O) groups is 1. The quantitative estimate of drug-likeness (QED) is 0.644. The molecule has 0 aromatic heterocycles. The number of benzene rings is 2. The minimum absolute atomic E-state index is 0.0461. The Morgan fingerprint density at radius 2 is 1.78 bits per heavy atom. The van der Waals surface area contributed by atoms with Crippen LogP contribution in [0.15, 0.2) is 42.5 Å². The van der Waals surface area contributed by atoms with Gasteiger partial charge in [0.25, 0.3) is 0 Å². The minimum Gasteiger partial charge on any atom is -0.373 e. The van der Waals surface area contributed by atoms with E-state index in [0.29, 0.717) is 12.1 Å². The molecule has 32 heavy (non-hydrogen) atoms. The molecule has 1 saturated carbocycles. The van der Waals surface area contributed by atoms with Crippen molar-refractivity contribution in [3.8, 4) is 0 Å². The van der Waals surface area contributed by atoms with Gasteiger partial charge in [-0.05, 0) is 54.0 Å². The van der Waals surface area contributed by atoms with E-state index in [1.807, 2.05) is 26.0 Å². The third-order valence-electron chi connectivity index (χ3n) is 6.24. The number of hydrogen-bond acceptors (Lipinski definition) is 4. The van der Waals surface area contributed by atoms with E-state index in [1.165, 1.54) is 5.56 Å². The number of amides is 1. The molecule has 2 aromatic carbocycles. The summed E-state index contributed by atoms with van der Waals surface area (Å²) in [5.74, 6) is -0.294. The maximum Gasteiger partial charge on any atom is 0.229 e. The van der Waals surface area contributed by atoms with Gasteiger partial charge < -0.3 is 10.1 Å². The topological polar surface area (TPSA) is 84.5 Å². The number of rotatable bonds is 7. The van der Waals surface area contributed by atoms with E-state index in [1.54, 1.807) is 13.2 Å². The number of methoxy groups -OCH3 is 1. The molecule has 0 bridgehead atoms. The van der Waals surface area contributed by atoms with Crippen LogP contribution in [-0.4, -0.2) is 27.7 Å². The maximum atomic E-state index is 13.0. The zero-order valence-electron chi connectivity index (χ0n) is 19.9. The van der Waals surface area contributed by atoms with Gasteiger partial charge in [-0.1, -0.05) is 57.2 Å². The highest BCUT2D eigenvalue weighted by Gasteiger charge is 2.60. The molecule has 1 fully saturated rings. The van der Waals surface area contributed by atoms with Gasteiger partial charge in [0.1, 0.15) is 5.60 Å². The van der Waals surface area contributed by atoms with Crippen LogP contribution in [0.4, 0.5) is 5.69 Å². The first-order chi connectivity index (χ1) is 14.8. The molecule has 2 aromatic rings. The van der Waals surface area contributed by atoms with Crippen LogP contribution in [0.5, 0.6) is 0 Å². The third-order valence-corrected chi connectivity index (χ3v) is 6.83. The Kier molecular flexibility index (Phi) is 6.46. The van der Waals surface area contributed by atoms with Crippen molar-refractivity contribution in [2.45, 2.75) is 58.1 Å². The van der Waals surface area contributed by atoms with Crippen LogP contribution in [-0.2, 0) is 30.6 Å². The summed E-state index contributed by atoms with van der Waals surface area (Å²) in [6, 6.07) is 13.6. The fourth-order valence-corrected chi connectivity index (χ4v) is 4.76. The summed E-state index contributed by atoms with van der Waals surface area (Å²) in [5, 5.41) is 3.09. The Morgan fingerprint density at radius 3 is 2.28 bits per heavy atom. The molecule has 7 heteroatoms. The average molecular weight is 459 g/mol. The van der Waals surface area contributed by atoms with Gasteiger partial charge >= 0.3 is 0 Å². The van der Waals surface area contributed by atoms with Gasteiger partial charge in [0.2, 0.25) is 15.9 Å². The molecule has 3 rings (SSSR count). The number of anilines is 1. The average Bonchev–Trinajstić information content (AvgIpc) is 3.44. The van der Waals surface area contributed by atoms with E-state index in [9.17, 15) is 13.2 Å². The van der Waals surface area contributed by atoms with Gasteiger partial charge in [0.05, 0.1) is 23.9 Å². The minimum atomic E-state index is -3.34. The number of sulfonamides is 1. The van der Waals surface area contributed by atoms with Crippen molar-refractivity contribution in [2.75, 3.05) is 18.1 Å². The van der Waals surface area contributed by atoms with Crippen LogP contribution in [0.1, 0.15) is 62.4 Å². The van der Waals surface area contributed by atoms with Gasteiger partial charge in [-0.3, -0.25) is 9.52 Å². The highest BCUT2D eigenvalue weighted by Crippen LogP contribution is 2.55. The highest BCUT2D eigenvalue weighted by molar-refractivity contribution is 7.92. The van der Waals surface area contributed by atoms with Gasteiger partial charge in [-0.2, -0.15) is 0 Å². The number of nitrogens with one attached hydrogen (secondary N) is 2. The molecule has 0 aliphatic heterocycles. The van der Waals surface area contributed by atoms with Crippen molar-refractivity contribution in [2.24, 2.45) is 5.92 Å². The summed E-state index contributed by atoms with van der Waals surface area (Å²) in [7, 11) is -1.68. The number of carbonyl (C=O) groups excluding carboxylic acids is 1. The Morgan fingerprint density at radius 1 is 1.16 bits per heavy atom. The van der Waals surface area contributed by atoms with E-state index in [0.717, 1.165) is 22.9 Å². The SMILES string of the molecule is COC1(c2ccc(C(C)(C)C)cc2)C[C@H]1C(=O)NC(C)c1ccc(NS(C)(=O)=O)c(C)c1. The Hall–Kier alpha value is -2.38. The molecule has 6 nitrogen and oxygen atoms in total. The van der Waals surface area contributed by atoms with Gasteiger partial charge in [-0.25, -0.2) is 8.42 Å². The monoisotopic (exact) mass is 458 g/mol. The summed E-state index contributed by atoms with van der Waals surface area (Å²) in [5.41, 5.74) is 3.99. The van der Waals surface area contributed by atoms with Crippen molar-refractivity contribution >= 4 is 21.6 Å². The summed E-state index contributed by atoms with van der Waals surface area (Å²) in [4.78, 5) is 13.0. The summed E-state index contributed by atoms with van der Waals surface area (Å²) >= 11 is 0. The van der Waals surface area contributed by atoms with Crippen LogP contribution < -0.4 is 10.0 Å². The molecule has 0 spiro atoms.